The third kappa shape index (κ3) is 6.44. The summed E-state index contributed by atoms with van der Waals surface area (Å²) in [6, 6.07) is 16.3. The number of carbonyl (C=O) groups is 1. The highest BCUT2D eigenvalue weighted by molar-refractivity contribution is 5.90. The molecule has 158 valence electrons. The van der Waals surface area contributed by atoms with Crippen LogP contribution in [0.1, 0.15) is 44.0 Å². The largest absolute Gasteiger partial charge is 0.494 e. The number of carboxylic acid groups (broad SMARTS) is 1. The Morgan fingerprint density at radius 3 is 2.67 bits per heavy atom. The number of ether oxygens (including phenoxy) is 1. The third-order valence-corrected chi connectivity index (χ3v) is 4.88. The number of benzene rings is 2. The van der Waals surface area contributed by atoms with Crippen molar-refractivity contribution in [3.05, 3.63) is 59.9 Å². The van der Waals surface area contributed by atoms with Gasteiger partial charge in [-0.05, 0) is 49.4 Å². The normalized spacial score (nSPS) is 10.8. The van der Waals surface area contributed by atoms with E-state index in [4.69, 9.17) is 14.8 Å². The first-order chi connectivity index (χ1) is 14.7. The molecule has 0 spiro atoms. The maximum absolute atomic E-state index is 10.6. The van der Waals surface area contributed by atoms with Crippen LogP contribution in [0.15, 0.2) is 48.5 Å². The van der Waals surface area contributed by atoms with E-state index in [1.807, 2.05) is 24.3 Å². The number of anilines is 1. The van der Waals surface area contributed by atoms with Gasteiger partial charge in [-0.25, -0.2) is 9.97 Å². The van der Waals surface area contributed by atoms with Crippen LogP contribution >= 0.6 is 0 Å². The van der Waals surface area contributed by atoms with Crippen LogP contribution in [0, 0.1) is 0 Å². The summed E-state index contributed by atoms with van der Waals surface area (Å²) in [4.78, 5) is 19.9. The Morgan fingerprint density at radius 2 is 1.90 bits per heavy atom. The minimum absolute atomic E-state index is 0.213. The Kier molecular flexibility index (Phi) is 8.01. The van der Waals surface area contributed by atoms with Gasteiger partial charge in [-0.3, -0.25) is 4.79 Å². The average molecular weight is 408 g/mol. The fourth-order valence-electron chi connectivity index (χ4n) is 3.25. The number of aliphatic carboxylic acids is 1. The Hall–Kier alpha value is -3.15. The van der Waals surface area contributed by atoms with Gasteiger partial charge in [0.05, 0.1) is 12.1 Å². The van der Waals surface area contributed by atoms with Gasteiger partial charge in [-0.1, -0.05) is 37.3 Å². The van der Waals surface area contributed by atoms with Gasteiger partial charge < -0.3 is 15.2 Å². The Labute approximate surface area is 177 Å². The average Bonchev–Trinajstić information content (AvgIpc) is 2.76. The highest BCUT2D eigenvalue weighted by Gasteiger charge is 2.09. The lowest BCUT2D eigenvalue weighted by atomic mass is 10.1. The molecule has 0 atom stereocenters. The van der Waals surface area contributed by atoms with Crippen LogP contribution in [-0.4, -0.2) is 34.2 Å². The lowest BCUT2D eigenvalue weighted by Crippen LogP contribution is -2.09. The van der Waals surface area contributed by atoms with E-state index in [-0.39, 0.29) is 6.42 Å². The van der Waals surface area contributed by atoms with Gasteiger partial charge in [0.25, 0.3) is 0 Å². The van der Waals surface area contributed by atoms with Crippen molar-refractivity contribution in [1.82, 2.24) is 9.97 Å². The van der Waals surface area contributed by atoms with Crippen molar-refractivity contribution in [2.75, 3.05) is 18.5 Å². The second-order valence-electron chi connectivity index (χ2n) is 7.24. The number of aryl methyl sites for hydroxylation is 1. The lowest BCUT2D eigenvalue weighted by molar-refractivity contribution is -0.137. The van der Waals surface area contributed by atoms with Gasteiger partial charge in [-0.15, -0.1) is 0 Å². The predicted octanol–water partition coefficient (Wildman–Crippen LogP) is 4.87. The van der Waals surface area contributed by atoms with Crippen molar-refractivity contribution in [3.63, 3.8) is 0 Å². The van der Waals surface area contributed by atoms with Gasteiger partial charge in [0.2, 0.25) is 0 Å². The SMILES string of the molecule is CCc1nc(NCCc2ccccc2)c2cc(OCCCCCC(=O)O)ccc2n1. The zero-order chi connectivity index (χ0) is 21.2. The summed E-state index contributed by atoms with van der Waals surface area (Å²) in [7, 11) is 0. The van der Waals surface area contributed by atoms with Gasteiger partial charge in [0, 0.05) is 24.8 Å². The molecule has 2 N–H and O–H groups in total. The van der Waals surface area contributed by atoms with E-state index in [2.05, 4.69) is 41.5 Å². The second-order valence-corrected chi connectivity index (χ2v) is 7.24. The van der Waals surface area contributed by atoms with E-state index < -0.39 is 5.97 Å². The van der Waals surface area contributed by atoms with Crippen molar-refractivity contribution >= 4 is 22.7 Å². The van der Waals surface area contributed by atoms with Crippen molar-refractivity contribution < 1.29 is 14.6 Å². The molecule has 0 bridgehead atoms. The smallest absolute Gasteiger partial charge is 0.303 e. The number of carboxylic acids is 1. The molecule has 30 heavy (non-hydrogen) atoms. The molecular formula is C24H29N3O3. The molecule has 0 saturated carbocycles. The number of aromatic nitrogens is 2. The summed E-state index contributed by atoms with van der Waals surface area (Å²) in [6.07, 6.45) is 4.26. The Balaban J connectivity index is 1.64. The monoisotopic (exact) mass is 407 g/mol. The Morgan fingerprint density at radius 1 is 1.07 bits per heavy atom. The van der Waals surface area contributed by atoms with Crippen molar-refractivity contribution in [3.8, 4) is 5.75 Å². The predicted molar refractivity (Wildman–Crippen MR) is 119 cm³/mol. The molecule has 3 aromatic rings. The highest BCUT2D eigenvalue weighted by atomic mass is 16.5. The molecule has 0 aliphatic heterocycles. The molecule has 1 aromatic heterocycles. The third-order valence-electron chi connectivity index (χ3n) is 4.88. The summed E-state index contributed by atoms with van der Waals surface area (Å²) in [5.41, 5.74) is 2.18. The molecule has 2 aromatic carbocycles. The Bertz CT molecular complexity index is 961. The van der Waals surface area contributed by atoms with Gasteiger partial charge in [0.15, 0.2) is 0 Å². The van der Waals surface area contributed by atoms with Crippen molar-refractivity contribution in [2.45, 2.75) is 45.4 Å². The summed E-state index contributed by atoms with van der Waals surface area (Å²) in [6.45, 7) is 3.40. The van der Waals surface area contributed by atoms with Crippen molar-refractivity contribution in [2.24, 2.45) is 0 Å². The number of hydrogen-bond donors (Lipinski definition) is 2. The molecule has 0 radical (unpaired) electrons. The number of rotatable bonds is 12. The van der Waals surface area contributed by atoms with Crippen LogP contribution in [-0.2, 0) is 17.6 Å². The van der Waals surface area contributed by atoms with Crippen LogP contribution in [0.4, 0.5) is 5.82 Å². The maximum atomic E-state index is 10.6. The number of fused-ring (bicyclic) bond motifs is 1. The number of unbranched alkanes of at least 4 members (excludes halogenated alkanes) is 2. The fourth-order valence-corrected chi connectivity index (χ4v) is 3.25. The highest BCUT2D eigenvalue weighted by Crippen LogP contribution is 2.26. The molecule has 1 heterocycles. The quantitative estimate of drug-likeness (QED) is 0.417. The molecule has 0 aliphatic rings. The molecule has 0 fully saturated rings. The number of hydrogen-bond acceptors (Lipinski definition) is 5. The van der Waals surface area contributed by atoms with E-state index >= 15 is 0 Å². The standard InChI is InChI=1S/C24H29N3O3/c1-2-22-26-21-13-12-19(30-16-8-4-7-11-23(28)29)17-20(21)24(27-22)25-15-14-18-9-5-3-6-10-18/h3,5-6,9-10,12-13,17H,2,4,7-8,11,14-16H2,1H3,(H,28,29)(H,25,26,27). The van der Waals surface area contributed by atoms with E-state index in [0.29, 0.717) is 13.0 Å². The van der Waals surface area contributed by atoms with Crippen molar-refractivity contribution in [1.29, 1.82) is 0 Å². The zero-order valence-corrected chi connectivity index (χ0v) is 17.4. The zero-order valence-electron chi connectivity index (χ0n) is 17.4. The molecule has 6 nitrogen and oxygen atoms in total. The second kappa shape index (κ2) is 11.1. The first-order valence-corrected chi connectivity index (χ1v) is 10.6. The topological polar surface area (TPSA) is 84.3 Å². The van der Waals surface area contributed by atoms with Crippen LogP contribution in [0.25, 0.3) is 10.9 Å². The van der Waals surface area contributed by atoms with E-state index in [9.17, 15) is 4.79 Å². The summed E-state index contributed by atoms with van der Waals surface area (Å²) in [5.74, 6) is 1.68. The minimum Gasteiger partial charge on any atom is -0.494 e. The first kappa shape index (κ1) is 21.6. The van der Waals surface area contributed by atoms with E-state index in [1.165, 1.54) is 5.56 Å². The lowest BCUT2D eigenvalue weighted by Gasteiger charge is -2.12. The van der Waals surface area contributed by atoms with Gasteiger partial charge in [-0.2, -0.15) is 0 Å². The molecule has 0 unspecified atom stereocenters. The van der Waals surface area contributed by atoms with E-state index in [1.54, 1.807) is 0 Å². The maximum Gasteiger partial charge on any atom is 0.303 e. The summed E-state index contributed by atoms with van der Waals surface area (Å²) >= 11 is 0. The number of nitrogens with one attached hydrogen (secondary N) is 1. The minimum atomic E-state index is -0.746. The molecule has 0 aliphatic carbocycles. The van der Waals surface area contributed by atoms with E-state index in [0.717, 1.165) is 60.5 Å². The summed E-state index contributed by atoms with van der Waals surface area (Å²) in [5, 5.41) is 13.1. The molecular weight excluding hydrogens is 378 g/mol. The van der Waals surface area contributed by atoms with Crippen LogP contribution in [0.5, 0.6) is 5.75 Å². The first-order valence-electron chi connectivity index (χ1n) is 10.6. The summed E-state index contributed by atoms with van der Waals surface area (Å²) < 4.78 is 5.88. The van der Waals surface area contributed by atoms with Crippen LogP contribution < -0.4 is 10.1 Å². The van der Waals surface area contributed by atoms with Crippen LogP contribution in [0.3, 0.4) is 0 Å². The molecule has 0 amide bonds. The molecule has 3 rings (SSSR count). The number of nitrogens with zero attached hydrogens (tertiary/aromatic N) is 2. The fraction of sp³-hybridized carbons (Fsp3) is 0.375. The van der Waals surface area contributed by atoms with Gasteiger partial charge >= 0.3 is 5.97 Å². The molecule has 0 saturated heterocycles. The molecule has 6 heteroatoms. The van der Waals surface area contributed by atoms with Crippen LogP contribution in [0.2, 0.25) is 0 Å². The van der Waals surface area contributed by atoms with Gasteiger partial charge in [0.1, 0.15) is 17.4 Å².